The van der Waals surface area contributed by atoms with Gasteiger partial charge in [0.25, 0.3) is 5.91 Å². The summed E-state index contributed by atoms with van der Waals surface area (Å²) >= 11 is 0. The monoisotopic (exact) mass is 414 g/mol. The van der Waals surface area contributed by atoms with Crippen molar-refractivity contribution in [1.82, 2.24) is 19.9 Å². The highest BCUT2D eigenvalue weighted by molar-refractivity contribution is 6.00. The minimum Gasteiger partial charge on any atom is -0.349 e. The Morgan fingerprint density at radius 3 is 2.90 bits per heavy atom. The number of nitrogens with two attached hydrogens (primary N) is 1. The number of carbonyl (C=O) groups excluding carboxylic acids is 1. The first-order valence-electron chi connectivity index (χ1n) is 9.87. The molecule has 7 nitrogen and oxygen atoms in total. The largest absolute Gasteiger partial charge is 0.349 e. The summed E-state index contributed by atoms with van der Waals surface area (Å²) in [5.41, 5.74) is 6.16. The Hall–Kier alpha value is -3.07. The fraction of sp³-hybridized carbons (Fsp3) is 0.381. The molecule has 0 aliphatic carbocycles. The normalized spacial score (nSPS) is 17.0. The molecule has 158 valence electrons. The van der Waals surface area contributed by atoms with Crippen LogP contribution in [0.3, 0.4) is 0 Å². The van der Waals surface area contributed by atoms with Crippen LogP contribution in [0.25, 0.3) is 5.65 Å². The second-order valence-corrected chi connectivity index (χ2v) is 8.17. The first-order valence-corrected chi connectivity index (χ1v) is 9.87. The molecule has 4 rings (SSSR count). The maximum atomic E-state index is 14.4. The van der Waals surface area contributed by atoms with E-state index < -0.39 is 17.2 Å². The summed E-state index contributed by atoms with van der Waals surface area (Å²) in [6, 6.07) is 4.94. The van der Waals surface area contributed by atoms with Crippen molar-refractivity contribution in [3.05, 3.63) is 59.4 Å². The van der Waals surface area contributed by atoms with E-state index in [1.54, 1.807) is 12.3 Å². The molecule has 30 heavy (non-hydrogen) atoms. The fourth-order valence-corrected chi connectivity index (χ4v) is 3.74. The number of nitrogens with one attached hydrogen (secondary N) is 1. The molecule has 1 fully saturated rings. The van der Waals surface area contributed by atoms with E-state index in [2.05, 4.69) is 15.4 Å². The highest BCUT2D eigenvalue weighted by Crippen LogP contribution is 2.36. The Morgan fingerprint density at radius 1 is 1.33 bits per heavy atom. The lowest BCUT2D eigenvalue weighted by molar-refractivity contribution is 0.0917. The number of halogens is 2. The van der Waals surface area contributed by atoms with Crippen LogP contribution < -0.4 is 16.0 Å². The number of benzene rings is 1. The van der Waals surface area contributed by atoms with Gasteiger partial charge in [-0.25, -0.2) is 18.3 Å². The van der Waals surface area contributed by atoms with Gasteiger partial charge in [0.15, 0.2) is 5.65 Å². The molecule has 9 heteroatoms. The third-order valence-corrected chi connectivity index (χ3v) is 5.43. The van der Waals surface area contributed by atoms with Gasteiger partial charge in [-0.1, -0.05) is 0 Å². The summed E-state index contributed by atoms with van der Waals surface area (Å²) in [6.07, 6.45) is 4.68. The number of carbonyl (C=O) groups is 1. The van der Waals surface area contributed by atoms with E-state index in [0.29, 0.717) is 35.6 Å². The van der Waals surface area contributed by atoms with Gasteiger partial charge in [-0.2, -0.15) is 5.10 Å². The maximum Gasteiger partial charge on any atom is 0.257 e. The predicted octanol–water partition coefficient (Wildman–Crippen LogP) is 2.82. The second-order valence-electron chi connectivity index (χ2n) is 8.17. The van der Waals surface area contributed by atoms with Crippen LogP contribution in [0.5, 0.6) is 0 Å². The van der Waals surface area contributed by atoms with Gasteiger partial charge in [0.1, 0.15) is 23.0 Å². The molecule has 3 N–H and O–H groups in total. The van der Waals surface area contributed by atoms with Crippen LogP contribution in [0, 0.1) is 11.6 Å². The highest BCUT2D eigenvalue weighted by atomic mass is 19.1. The van der Waals surface area contributed by atoms with E-state index in [9.17, 15) is 13.6 Å². The summed E-state index contributed by atoms with van der Waals surface area (Å²) < 4.78 is 29.6. The Balaban J connectivity index is 1.69. The molecular weight excluding hydrogens is 390 g/mol. The van der Waals surface area contributed by atoms with Crippen LogP contribution in [0.4, 0.5) is 14.6 Å². The number of anilines is 1. The van der Waals surface area contributed by atoms with Crippen molar-refractivity contribution in [2.45, 2.75) is 38.3 Å². The van der Waals surface area contributed by atoms with Crippen LogP contribution in [-0.2, 0) is 0 Å². The molecule has 1 amide bonds. The van der Waals surface area contributed by atoms with Crippen molar-refractivity contribution in [3.63, 3.8) is 0 Å². The van der Waals surface area contributed by atoms with Gasteiger partial charge in [-0.05, 0) is 51.0 Å². The quantitative estimate of drug-likeness (QED) is 0.670. The van der Waals surface area contributed by atoms with Gasteiger partial charge in [-0.3, -0.25) is 4.79 Å². The number of aromatic nitrogens is 3. The molecule has 3 aromatic rings. The lowest BCUT2D eigenvalue weighted by atomic mass is 10.0. The zero-order chi connectivity index (χ0) is 21.5. The minimum atomic E-state index is -0.572. The van der Waals surface area contributed by atoms with Crippen molar-refractivity contribution in [1.29, 1.82) is 0 Å². The smallest absolute Gasteiger partial charge is 0.257 e. The molecule has 0 saturated carbocycles. The Bertz CT molecular complexity index is 1100. The van der Waals surface area contributed by atoms with Crippen LogP contribution in [0.15, 0.2) is 36.7 Å². The minimum absolute atomic E-state index is 0.283. The molecule has 1 aliphatic rings. The number of hydrogen-bond donors (Lipinski definition) is 2. The molecule has 1 aromatic carbocycles. The zero-order valence-electron chi connectivity index (χ0n) is 16.9. The number of rotatable bonds is 5. The van der Waals surface area contributed by atoms with Crippen molar-refractivity contribution in [3.8, 4) is 0 Å². The van der Waals surface area contributed by atoms with E-state index in [4.69, 9.17) is 5.73 Å². The van der Waals surface area contributed by atoms with Crippen molar-refractivity contribution in [2.24, 2.45) is 5.73 Å². The second kappa shape index (κ2) is 7.64. The number of amides is 1. The fourth-order valence-electron chi connectivity index (χ4n) is 3.74. The van der Waals surface area contributed by atoms with Crippen molar-refractivity contribution in [2.75, 3.05) is 18.0 Å². The summed E-state index contributed by atoms with van der Waals surface area (Å²) in [4.78, 5) is 19.3. The third-order valence-electron chi connectivity index (χ3n) is 5.43. The molecule has 0 bridgehead atoms. The van der Waals surface area contributed by atoms with Crippen LogP contribution in [0.2, 0.25) is 0 Å². The molecule has 1 aliphatic heterocycles. The van der Waals surface area contributed by atoms with E-state index in [-0.39, 0.29) is 18.5 Å². The van der Waals surface area contributed by atoms with E-state index >= 15 is 0 Å². The van der Waals surface area contributed by atoms with Crippen LogP contribution in [-0.4, -0.2) is 39.1 Å². The average molecular weight is 414 g/mol. The van der Waals surface area contributed by atoms with Crippen molar-refractivity contribution < 1.29 is 13.6 Å². The maximum absolute atomic E-state index is 14.4. The van der Waals surface area contributed by atoms with E-state index in [0.717, 1.165) is 18.6 Å². The van der Waals surface area contributed by atoms with Gasteiger partial charge in [0.2, 0.25) is 0 Å². The van der Waals surface area contributed by atoms with Gasteiger partial charge >= 0.3 is 0 Å². The standard InChI is InChI=1S/C21H24F2N6O/c1-21(2,12-24)27-20(30)15-11-25-29-9-7-18(26-19(15)29)28-8-3-4-17(28)14-10-13(22)5-6-16(14)23/h5-7,9-11,17H,3-4,8,12,24H2,1-2H3,(H,27,30)/t17-/m1/s1. The van der Waals surface area contributed by atoms with Crippen LogP contribution >= 0.6 is 0 Å². The Morgan fingerprint density at radius 2 is 2.13 bits per heavy atom. The Kier molecular flexibility index (Phi) is 5.15. The third kappa shape index (κ3) is 3.72. The van der Waals surface area contributed by atoms with Gasteiger partial charge in [0, 0.05) is 30.4 Å². The van der Waals surface area contributed by atoms with Crippen LogP contribution in [0.1, 0.15) is 48.7 Å². The summed E-state index contributed by atoms with van der Waals surface area (Å²) in [5.74, 6) is -0.651. The van der Waals surface area contributed by atoms with Gasteiger partial charge < -0.3 is 16.0 Å². The van der Waals surface area contributed by atoms with E-state index in [1.165, 1.54) is 16.8 Å². The average Bonchev–Trinajstić information content (AvgIpc) is 3.36. The SMILES string of the molecule is CC(C)(CN)NC(=O)c1cnn2ccc(N3CCC[C@@H]3c3cc(F)ccc3F)nc12. The summed E-state index contributed by atoms with van der Waals surface area (Å²) in [5, 5.41) is 7.08. The Labute approximate surface area is 172 Å². The van der Waals surface area contributed by atoms with Crippen molar-refractivity contribution >= 4 is 17.4 Å². The molecule has 1 saturated heterocycles. The summed E-state index contributed by atoms with van der Waals surface area (Å²) in [7, 11) is 0. The molecule has 3 heterocycles. The lowest BCUT2D eigenvalue weighted by Crippen LogP contribution is -2.48. The topological polar surface area (TPSA) is 88.5 Å². The van der Waals surface area contributed by atoms with Gasteiger partial charge in [-0.15, -0.1) is 0 Å². The first kappa shape index (κ1) is 20.2. The van der Waals surface area contributed by atoms with Gasteiger partial charge in [0.05, 0.1) is 12.2 Å². The first-order chi connectivity index (χ1) is 14.3. The number of hydrogen-bond acceptors (Lipinski definition) is 5. The molecule has 2 aromatic heterocycles. The summed E-state index contributed by atoms with van der Waals surface area (Å²) in [6.45, 7) is 4.60. The number of nitrogens with zero attached hydrogens (tertiary/aromatic N) is 4. The molecule has 0 radical (unpaired) electrons. The molecule has 0 spiro atoms. The molecule has 0 unspecified atom stereocenters. The highest BCUT2D eigenvalue weighted by Gasteiger charge is 2.30. The predicted molar refractivity (Wildman–Crippen MR) is 109 cm³/mol. The molecular formula is C21H24F2N6O. The lowest BCUT2D eigenvalue weighted by Gasteiger charge is -2.26. The molecule has 1 atom stereocenters. The van der Waals surface area contributed by atoms with E-state index in [1.807, 2.05) is 18.7 Å². The number of fused-ring (bicyclic) bond motifs is 1. The zero-order valence-corrected chi connectivity index (χ0v) is 16.9.